The Labute approximate surface area is 237 Å². The summed E-state index contributed by atoms with van der Waals surface area (Å²) in [5.41, 5.74) is -2.20. The fraction of sp³-hybridized carbons (Fsp3) is 0.400. The molecule has 2 fully saturated rings. The molecule has 222 valence electrons. The van der Waals surface area contributed by atoms with Crippen LogP contribution in [-0.4, -0.2) is 48.5 Å². The van der Waals surface area contributed by atoms with Gasteiger partial charge in [-0.25, -0.2) is 13.8 Å². The number of rotatable bonds is 9. The van der Waals surface area contributed by atoms with E-state index in [-0.39, 0.29) is 46.5 Å². The van der Waals surface area contributed by atoms with Crippen LogP contribution in [0.1, 0.15) is 53.2 Å². The van der Waals surface area contributed by atoms with E-state index in [1.807, 2.05) is 0 Å². The van der Waals surface area contributed by atoms with Crippen LogP contribution < -0.4 is 19.5 Å². The van der Waals surface area contributed by atoms with E-state index in [2.05, 4.69) is 10.3 Å². The third kappa shape index (κ3) is 5.35. The van der Waals surface area contributed by atoms with Gasteiger partial charge in [0.1, 0.15) is 29.6 Å². The smallest absolute Gasteiger partial charge is 0.399 e. The number of nitrogens with one attached hydrogen (secondary N) is 1. The number of benzene rings is 2. The molecule has 3 aromatic rings. The molecule has 3 aliphatic rings. The molecule has 0 spiro atoms. The molecule has 2 N–H and O–H groups in total. The summed E-state index contributed by atoms with van der Waals surface area (Å²) in [6, 6.07) is 8.64. The number of aromatic nitrogens is 1. The van der Waals surface area contributed by atoms with Gasteiger partial charge in [-0.3, -0.25) is 4.79 Å². The first-order valence-electron chi connectivity index (χ1n) is 13.5. The summed E-state index contributed by atoms with van der Waals surface area (Å²) in [6.07, 6.45) is -1.58. The maximum absolute atomic E-state index is 14.1. The zero-order chi connectivity index (χ0) is 29.8. The molecule has 7 nitrogen and oxygen atoms in total. The zero-order valence-corrected chi connectivity index (χ0v) is 22.4. The number of methoxy groups -OCH3 is 1. The molecule has 0 radical (unpaired) electrons. The predicted molar refractivity (Wildman–Crippen MR) is 139 cm³/mol. The van der Waals surface area contributed by atoms with Gasteiger partial charge in [0, 0.05) is 16.7 Å². The lowest BCUT2D eigenvalue weighted by Gasteiger charge is -2.29. The number of ether oxygens (including phenoxy) is 3. The highest BCUT2D eigenvalue weighted by molar-refractivity contribution is 5.95. The van der Waals surface area contributed by atoms with Crippen molar-refractivity contribution in [1.82, 2.24) is 10.3 Å². The summed E-state index contributed by atoms with van der Waals surface area (Å²) in [7, 11) is 1.45. The van der Waals surface area contributed by atoms with Gasteiger partial charge in [-0.1, -0.05) is 0 Å². The number of aliphatic hydroxyl groups is 1. The topological polar surface area (TPSA) is 89.9 Å². The first kappa shape index (κ1) is 28.2. The van der Waals surface area contributed by atoms with Crippen molar-refractivity contribution in [3.05, 3.63) is 70.9 Å². The fourth-order valence-electron chi connectivity index (χ4n) is 5.15. The Morgan fingerprint density at radius 1 is 1.05 bits per heavy atom. The van der Waals surface area contributed by atoms with Gasteiger partial charge in [-0.05, 0) is 74.1 Å². The molecule has 0 bridgehead atoms. The normalized spacial score (nSPS) is 19.5. The van der Waals surface area contributed by atoms with Crippen molar-refractivity contribution < 1.29 is 46.1 Å². The standard InChI is InChI=1S/C30H27F5N2O5/c1-40-24-11-16(3-9-23(24)42-18-6-7-18)28(38)36-14-29(39,17-4-5-17)25-12-19-20(30(33,34)35)13-41-27(19)26(37-25)15-2-8-21(31)22(32)10-15/h2-3,8-12,17-18,20,39H,4-7,13-14H2,1H3,(H,36,38)/t20-,29-/m1/s1. The average Bonchev–Trinajstić information content (AvgIpc) is 3.90. The monoisotopic (exact) mass is 590 g/mol. The molecule has 1 aliphatic heterocycles. The average molecular weight is 591 g/mol. The summed E-state index contributed by atoms with van der Waals surface area (Å²) in [5, 5.41) is 14.6. The van der Waals surface area contributed by atoms with Crippen molar-refractivity contribution in [3.8, 4) is 28.5 Å². The fourth-order valence-corrected chi connectivity index (χ4v) is 5.15. The Morgan fingerprint density at radius 2 is 1.81 bits per heavy atom. The van der Waals surface area contributed by atoms with Crippen molar-refractivity contribution >= 4 is 5.91 Å². The van der Waals surface area contributed by atoms with Crippen LogP contribution in [0.5, 0.6) is 17.2 Å². The van der Waals surface area contributed by atoms with Crippen LogP contribution >= 0.6 is 0 Å². The van der Waals surface area contributed by atoms with E-state index in [9.17, 15) is 31.9 Å². The molecule has 1 aromatic heterocycles. The van der Waals surface area contributed by atoms with Crippen LogP contribution in [-0.2, 0) is 5.60 Å². The molecule has 2 saturated carbocycles. The number of carbonyl (C=O) groups excluding carboxylic acids is 1. The maximum Gasteiger partial charge on any atom is 0.399 e. The second-order valence-corrected chi connectivity index (χ2v) is 10.9. The molecule has 1 amide bonds. The summed E-state index contributed by atoms with van der Waals surface area (Å²) < 4.78 is 86.2. The highest BCUT2D eigenvalue weighted by Gasteiger charge is 2.51. The van der Waals surface area contributed by atoms with Gasteiger partial charge in [0.15, 0.2) is 23.1 Å². The first-order valence-corrected chi connectivity index (χ1v) is 13.5. The van der Waals surface area contributed by atoms with Crippen molar-refractivity contribution in [2.24, 2.45) is 5.92 Å². The van der Waals surface area contributed by atoms with Crippen molar-refractivity contribution in [2.45, 2.75) is 49.5 Å². The second kappa shape index (κ2) is 10.4. The van der Waals surface area contributed by atoms with Gasteiger partial charge in [0.2, 0.25) is 0 Å². The summed E-state index contributed by atoms with van der Waals surface area (Å²) >= 11 is 0. The van der Waals surface area contributed by atoms with E-state index in [1.165, 1.54) is 19.2 Å². The Balaban J connectivity index is 1.34. The van der Waals surface area contributed by atoms with Gasteiger partial charge in [0.05, 0.1) is 25.5 Å². The Kier molecular flexibility index (Phi) is 6.99. The Hall–Kier alpha value is -3.93. The van der Waals surface area contributed by atoms with E-state index in [1.54, 1.807) is 12.1 Å². The Morgan fingerprint density at radius 3 is 2.45 bits per heavy atom. The summed E-state index contributed by atoms with van der Waals surface area (Å²) in [4.78, 5) is 17.6. The molecule has 2 aliphatic carbocycles. The number of pyridine rings is 1. The summed E-state index contributed by atoms with van der Waals surface area (Å²) in [6.45, 7) is -1.08. The molecule has 0 saturated heterocycles. The minimum Gasteiger partial charge on any atom is -0.493 e. The zero-order valence-electron chi connectivity index (χ0n) is 22.4. The molecule has 2 aromatic carbocycles. The SMILES string of the molecule is COc1cc(C(=O)NC[C@](O)(c2cc3c(c(-c4ccc(F)c(F)c4)n2)OC[C@H]3C(F)(F)F)C2CC2)ccc1OC1CC1. The molecule has 12 heteroatoms. The van der Waals surface area contributed by atoms with Crippen molar-refractivity contribution in [3.63, 3.8) is 0 Å². The van der Waals surface area contributed by atoms with Crippen molar-refractivity contribution in [1.29, 1.82) is 0 Å². The highest BCUT2D eigenvalue weighted by Crippen LogP contribution is 2.51. The lowest BCUT2D eigenvalue weighted by molar-refractivity contribution is -0.151. The number of alkyl halides is 3. The number of carbonyl (C=O) groups is 1. The van der Waals surface area contributed by atoms with E-state index >= 15 is 0 Å². The second-order valence-electron chi connectivity index (χ2n) is 10.9. The summed E-state index contributed by atoms with van der Waals surface area (Å²) in [5.74, 6) is -4.68. The highest BCUT2D eigenvalue weighted by atomic mass is 19.4. The number of halogens is 5. The molecule has 42 heavy (non-hydrogen) atoms. The van der Waals surface area contributed by atoms with Crippen molar-refractivity contribution in [2.75, 3.05) is 20.3 Å². The number of amides is 1. The van der Waals surface area contributed by atoms with Gasteiger partial charge < -0.3 is 24.6 Å². The number of fused-ring (bicyclic) bond motifs is 1. The number of hydrogen-bond acceptors (Lipinski definition) is 6. The third-order valence-electron chi connectivity index (χ3n) is 7.82. The lowest BCUT2D eigenvalue weighted by Crippen LogP contribution is -2.43. The first-order chi connectivity index (χ1) is 20.0. The molecule has 2 atom stereocenters. The van der Waals surface area contributed by atoms with Crippen LogP contribution in [0.2, 0.25) is 0 Å². The van der Waals surface area contributed by atoms with Crippen LogP contribution in [0.15, 0.2) is 42.5 Å². The molecular formula is C30H27F5N2O5. The predicted octanol–water partition coefficient (Wildman–Crippen LogP) is 5.64. The molecule has 6 rings (SSSR count). The largest absolute Gasteiger partial charge is 0.493 e. The molecule has 0 unspecified atom stereocenters. The van der Waals surface area contributed by atoms with Crippen LogP contribution in [0.4, 0.5) is 22.0 Å². The van der Waals surface area contributed by atoms with Gasteiger partial charge in [0.25, 0.3) is 5.91 Å². The molecule has 2 heterocycles. The number of nitrogens with zero attached hydrogens (tertiary/aromatic N) is 1. The lowest BCUT2D eigenvalue weighted by atomic mass is 9.88. The van der Waals surface area contributed by atoms with E-state index < -0.39 is 47.8 Å². The minimum atomic E-state index is -4.67. The van der Waals surface area contributed by atoms with Gasteiger partial charge in [-0.15, -0.1) is 0 Å². The van der Waals surface area contributed by atoms with E-state index in [4.69, 9.17) is 14.2 Å². The quantitative estimate of drug-likeness (QED) is 0.314. The van der Waals surface area contributed by atoms with Gasteiger partial charge in [-0.2, -0.15) is 13.2 Å². The number of hydrogen-bond donors (Lipinski definition) is 2. The van der Waals surface area contributed by atoms with E-state index in [0.717, 1.165) is 31.0 Å². The Bertz CT molecular complexity index is 1540. The van der Waals surface area contributed by atoms with Crippen LogP contribution in [0, 0.1) is 17.6 Å². The maximum atomic E-state index is 14.1. The van der Waals surface area contributed by atoms with Gasteiger partial charge >= 0.3 is 6.18 Å². The third-order valence-corrected chi connectivity index (χ3v) is 7.82. The molecular weight excluding hydrogens is 563 g/mol. The van der Waals surface area contributed by atoms with Crippen LogP contribution in [0.3, 0.4) is 0 Å². The minimum absolute atomic E-state index is 0.0161. The van der Waals surface area contributed by atoms with Crippen LogP contribution in [0.25, 0.3) is 11.3 Å². The van der Waals surface area contributed by atoms with E-state index in [0.29, 0.717) is 24.3 Å².